The summed E-state index contributed by atoms with van der Waals surface area (Å²) in [6.45, 7) is 10.2. The molecule has 0 heterocycles. The summed E-state index contributed by atoms with van der Waals surface area (Å²) in [6, 6.07) is 8.92. The molecule has 0 spiro atoms. The van der Waals surface area contributed by atoms with Crippen LogP contribution in [0, 0.1) is 5.82 Å². The predicted molar refractivity (Wildman–Crippen MR) is 100 cm³/mol. The van der Waals surface area contributed by atoms with E-state index >= 15 is 0 Å². The lowest BCUT2D eigenvalue weighted by Crippen LogP contribution is -2.16. The van der Waals surface area contributed by atoms with Crippen LogP contribution in [0.25, 0.3) is 11.1 Å². The largest absolute Gasteiger partial charge is 0.496 e. The second-order valence-corrected chi connectivity index (χ2v) is 5.99. The van der Waals surface area contributed by atoms with Gasteiger partial charge in [0, 0.05) is 17.7 Å². The normalized spacial score (nSPS) is 11.4. The molecule has 0 aliphatic carbocycles. The lowest BCUT2D eigenvalue weighted by molar-refractivity contribution is -0.130. The molecule has 0 amide bonds. The topological polar surface area (TPSA) is 65.0 Å². The first kappa shape index (κ1) is 20.2. The molecule has 27 heavy (non-hydrogen) atoms. The summed E-state index contributed by atoms with van der Waals surface area (Å²) in [5, 5.41) is 9.73. The van der Waals surface area contributed by atoms with Gasteiger partial charge in [-0.05, 0) is 37.1 Å². The highest BCUT2D eigenvalue weighted by Crippen LogP contribution is 2.37. The van der Waals surface area contributed by atoms with Gasteiger partial charge < -0.3 is 19.3 Å². The molecule has 0 aromatic heterocycles. The quantitative estimate of drug-likeness (QED) is 0.259. The van der Waals surface area contributed by atoms with Crippen LogP contribution in [-0.2, 0) is 4.79 Å². The molecular weight excluding hydrogens is 351 g/mol. The van der Waals surface area contributed by atoms with Crippen molar-refractivity contribution in [3.05, 3.63) is 66.5 Å². The van der Waals surface area contributed by atoms with Crippen LogP contribution in [0.3, 0.4) is 0 Å². The summed E-state index contributed by atoms with van der Waals surface area (Å²) in [5.74, 6) is -0.481. The van der Waals surface area contributed by atoms with E-state index in [4.69, 9.17) is 14.2 Å². The first-order chi connectivity index (χ1) is 12.7. The molecule has 2 aromatic rings. The average Bonchev–Trinajstić information content (AvgIpc) is 2.61. The zero-order valence-corrected chi connectivity index (χ0v) is 15.4. The predicted octanol–water partition coefficient (Wildman–Crippen LogP) is 4.26. The number of aliphatic hydroxyl groups excluding tert-OH is 1. The lowest BCUT2D eigenvalue weighted by Gasteiger charge is -2.16. The minimum Gasteiger partial charge on any atom is -0.496 e. The number of hydrogen-bond donors (Lipinski definition) is 1. The van der Waals surface area contributed by atoms with Crippen LogP contribution in [0.15, 0.2) is 60.7 Å². The van der Waals surface area contributed by atoms with Gasteiger partial charge >= 0.3 is 5.97 Å². The average molecular weight is 372 g/mol. The number of aliphatic hydroxyl groups is 1. The monoisotopic (exact) mass is 372 g/mol. The molecule has 0 radical (unpaired) electrons. The van der Waals surface area contributed by atoms with Gasteiger partial charge in [-0.25, -0.2) is 9.18 Å². The van der Waals surface area contributed by atoms with E-state index < -0.39 is 18.1 Å². The Hall–Kier alpha value is -3.12. The first-order valence-corrected chi connectivity index (χ1v) is 8.08. The van der Waals surface area contributed by atoms with Gasteiger partial charge in [0.1, 0.15) is 23.1 Å². The summed E-state index contributed by atoms with van der Waals surface area (Å²) >= 11 is 0. The molecule has 5 nitrogen and oxygen atoms in total. The summed E-state index contributed by atoms with van der Waals surface area (Å²) in [7, 11) is 1.40. The van der Waals surface area contributed by atoms with E-state index in [9.17, 15) is 14.3 Å². The Morgan fingerprint density at radius 2 is 1.74 bits per heavy atom. The van der Waals surface area contributed by atoms with Gasteiger partial charge in [0.05, 0.1) is 12.7 Å². The Bertz CT molecular complexity index is 871. The number of ether oxygens (including phenoxy) is 3. The third kappa shape index (κ3) is 4.95. The number of rotatable bonds is 7. The van der Waals surface area contributed by atoms with Crippen LogP contribution in [0.4, 0.5) is 4.39 Å². The van der Waals surface area contributed by atoms with Crippen molar-refractivity contribution in [3.63, 3.8) is 0 Å². The molecule has 0 aliphatic rings. The number of hydrogen-bond acceptors (Lipinski definition) is 5. The number of benzene rings is 2. The molecule has 2 aromatic carbocycles. The zero-order chi connectivity index (χ0) is 20.1. The van der Waals surface area contributed by atoms with E-state index in [1.807, 2.05) is 0 Å². The van der Waals surface area contributed by atoms with Crippen molar-refractivity contribution in [2.75, 3.05) is 7.11 Å². The molecule has 0 aliphatic heterocycles. The highest BCUT2D eigenvalue weighted by molar-refractivity contribution is 5.88. The standard InChI is InChI=1S/C21H21FO5/c1-12(2)20(23)26-15-8-6-14(7-9-15)19-17(22)10-16(11-18(19)25-5)27-21(24)13(3)4/h6-11,21,24H,1,3H2,2,4-5H3. The van der Waals surface area contributed by atoms with Gasteiger partial charge in [0.25, 0.3) is 0 Å². The molecule has 6 heteroatoms. The van der Waals surface area contributed by atoms with Crippen LogP contribution < -0.4 is 14.2 Å². The minimum atomic E-state index is -1.25. The van der Waals surface area contributed by atoms with Gasteiger partial charge in [-0.15, -0.1) is 0 Å². The van der Waals surface area contributed by atoms with Gasteiger partial charge in [0.2, 0.25) is 6.29 Å². The molecule has 1 N–H and O–H groups in total. The lowest BCUT2D eigenvalue weighted by atomic mass is 10.0. The Labute approximate surface area is 157 Å². The van der Waals surface area contributed by atoms with Crippen molar-refractivity contribution >= 4 is 5.97 Å². The van der Waals surface area contributed by atoms with Gasteiger partial charge in [-0.3, -0.25) is 0 Å². The minimum absolute atomic E-state index is 0.107. The summed E-state index contributed by atoms with van der Waals surface area (Å²) < 4.78 is 30.3. The Kier molecular flexibility index (Phi) is 6.36. The van der Waals surface area contributed by atoms with E-state index in [1.165, 1.54) is 13.2 Å². The fourth-order valence-corrected chi connectivity index (χ4v) is 2.18. The maximum Gasteiger partial charge on any atom is 0.338 e. The first-order valence-electron chi connectivity index (χ1n) is 8.08. The van der Waals surface area contributed by atoms with E-state index in [-0.39, 0.29) is 22.6 Å². The van der Waals surface area contributed by atoms with Crippen molar-refractivity contribution < 1.29 is 28.5 Å². The van der Waals surface area contributed by atoms with Gasteiger partial charge in [-0.2, -0.15) is 0 Å². The highest BCUT2D eigenvalue weighted by Gasteiger charge is 2.17. The molecule has 0 bridgehead atoms. The molecule has 2 rings (SSSR count). The Morgan fingerprint density at radius 1 is 1.11 bits per heavy atom. The second kappa shape index (κ2) is 8.51. The molecule has 1 unspecified atom stereocenters. The van der Waals surface area contributed by atoms with E-state index in [1.54, 1.807) is 38.1 Å². The maximum absolute atomic E-state index is 14.7. The third-order valence-corrected chi connectivity index (χ3v) is 3.62. The van der Waals surface area contributed by atoms with Crippen molar-refractivity contribution in [1.82, 2.24) is 0 Å². The fourth-order valence-electron chi connectivity index (χ4n) is 2.18. The van der Waals surface area contributed by atoms with Gasteiger partial charge in [-0.1, -0.05) is 25.3 Å². The summed E-state index contributed by atoms with van der Waals surface area (Å²) in [4.78, 5) is 11.6. The van der Waals surface area contributed by atoms with Crippen molar-refractivity contribution in [3.8, 4) is 28.4 Å². The van der Waals surface area contributed by atoms with Crippen LogP contribution >= 0.6 is 0 Å². The Morgan fingerprint density at radius 3 is 2.26 bits per heavy atom. The number of methoxy groups -OCH3 is 1. The van der Waals surface area contributed by atoms with Crippen LogP contribution in [0.2, 0.25) is 0 Å². The number of halogens is 1. The fraction of sp³-hybridized carbons (Fsp3) is 0.190. The molecule has 142 valence electrons. The Balaban J connectivity index is 2.33. The smallest absolute Gasteiger partial charge is 0.338 e. The van der Waals surface area contributed by atoms with Crippen molar-refractivity contribution in [1.29, 1.82) is 0 Å². The van der Waals surface area contributed by atoms with Crippen LogP contribution in [0.1, 0.15) is 13.8 Å². The highest BCUT2D eigenvalue weighted by atomic mass is 19.1. The molecule has 0 fully saturated rings. The summed E-state index contributed by atoms with van der Waals surface area (Å²) in [6.07, 6.45) is -1.25. The van der Waals surface area contributed by atoms with E-state index in [0.29, 0.717) is 16.9 Å². The van der Waals surface area contributed by atoms with E-state index in [2.05, 4.69) is 13.2 Å². The zero-order valence-electron chi connectivity index (χ0n) is 15.4. The van der Waals surface area contributed by atoms with Crippen molar-refractivity contribution in [2.24, 2.45) is 0 Å². The molecule has 0 saturated carbocycles. The molecule has 0 saturated heterocycles. The van der Waals surface area contributed by atoms with Gasteiger partial charge in [0.15, 0.2) is 0 Å². The maximum atomic E-state index is 14.7. The van der Waals surface area contributed by atoms with Crippen LogP contribution in [-0.4, -0.2) is 24.5 Å². The number of carbonyl (C=O) groups excluding carboxylic acids is 1. The second-order valence-electron chi connectivity index (χ2n) is 5.99. The van der Waals surface area contributed by atoms with Crippen LogP contribution in [0.5, 0.6) is 17.2 Å². The third-order valence-electron chi connectivity index (χ3n) is 3.62. The molecular formula is C21H21FO5. The number of carbonyl (C=O) groups is 1. The SMILES string of the molecule is C=C(C)C(=O)Oc1ccc(-c2c(F)cc(OC(O)C(=C)C)cc2OC)cc1. The van der Waals surface area contributed by atoms with Crippen molar-refractivity contribution in [2.45, 2.75) is 20.1 Å². The number of esters is 1. The van der Waals surface area contributed by atoms with E-state index in [0.717, 1.165) is 6.07 Å². The molecule has 1 atom stereocenters. The summed E-state index contributed by atoms with van der Waals surface area (Å²) in [5.41, 5.74) is 1.40.